The van der Waals surface area contributed by atoms with E-state index in [1.165, 1.54) is 36.1 Å². The van der Waals surface area contributed by atoms with Crippen molar-refractivity contribution in [3.05, 3.63) is 64.7 Å². The van der Waals surface area contributed by atoms with Crippen molar-refractivity contribution in [3.8, 4) is 0 Å². The van der Waals surface area contributed by atoms with Crippen LogP contribution in [0.4, 0.5) is 5.69 Å². The van der Waals surface area contributed by atoms with E-state index in [0.717, 1.165) is 11.4 Å². The molecule has 0 bridgehead atoms. The Morgan fingerprint density at radius 3 is 2.52 bits per heavy atom. The zero-order chi connectivity index (χ0) is 14.7. The lowest BCUT2D eigenvalue weighted by Gasteiger charge is -2.37. The maximum Gasteiger partial charge on any atom is 0.0440 e. The third-order valence-corrected chi connectivity index (χ3v) is 4.72. The first-order chi connectivity index (χ1) is 10.3. The van der Waals surface area contributed by atoms with Crippen molar-refractivity contribution in [2.45, 2.75) is 44.6 Å². The molecule has 0 aromatic heterocycles. The maximum absolute atomic E-state index is 6.29. The van der Waals surface area contributed by atoms with Gasteiger partial charge in [-0.1, -0.05) is 61.3 Å². The fraction of sp³-hybridized carbons (Fsp3) is 0.368. The van der Waals surface area contributed by atoms with Crippen LogP contribution in [0.2, 0.25) is 5.02 Å². The van der Waals surface area contributed by atoms with Crippen LogP contribution in [0.25, 0.3) is 0 Å². The lowest BCUT2D eigenvalue weighted by atomic mass is 9.75. The monoisotopic (exact) mass is 299 g/mol. The Morgan fingerprint density at radius 1 is 1.05 bits per heavy atom. The summed E-state index contributed by atoms with van der Waals surface area (Å²) in [6.45, 7) is 2.23. The van der Waals surface area contributed by atoms with Gasteiger partial charge in [-0.05, 0) is 48.4 Å². The van der Waals surface area contributed by atoms with Crippen LogP contribution in [-0.2, 0) is 6.42 Å². The Bertz CT molecular complexity index is 602. The van der Waals surface area contributed by atoms with E-state index in [1.807, 2.05) is 12.1 Å². The molecule has 0 spiro atoms. The molecule has 110 valence electrons. The molecule has 1 nitrogen and oxygen atoms in total. The highest BCUT2D eigenvalue weighted by Gasteiger charge is 2.31. The van der Waals surface area contributed by atoms with E-state index < -0.39 is 0 Å². The zero-order valence-corrected chi connectivity index (χ0v) is 13.2. The molecule has 1 aliphatic rings. The molecule has 2 aromatic carbocycles. The number of hydrogen-bond donors (Lipinski definition) is 1. The molecule has 21 heavy (non-hydrogen) atoms. The first-order valence-electron chi connectivity index (χ1n) is 7.86. The van der Waals surface area contributed by atoms with Crippen molar-refractivity contribution in [1.82, 2.24) is 0 Å². The number of rotatable bonds is 5. The van der Waals surface area contributed by atoms with Crippen molar-refractivity contribution in [2.75, 3.05) is 5.32 Å². The van der Waals surface area contributed by atoms with Crippen molar-refractivity contribution in [1.29, 1.82) is 0 Å². The van der Waals surface area contributed by atoms with Crippen LogP contribution in [0.15, 0.2) is 48.5 Å². The van der Waals surface area contributed by atoms with Crippen molar-refractivity contribution < 1.29 is 0 Å². The minimum Gasteiger partial charge on any atom is -0.382 e. The summed E-state index contributed by atoms with van der Waals surface area (Å²) in [6.07, 6.45) is 4.67. The summed E-state index contributed by atoms with van der Waals surface area (Å²) in [5, 5.41) is 4.62. The number of nitrogens with one attached hydrogen (secondary N) is 1. The molecule has 0 heterocycles. The summed E-state index contributed by atoms with van der Waals surface area (Å²) in [7, 11) is 0. The average Bonchev–Trinajstić information content (AvgIpc) is 2.45. The Morgan fingerprint density at radius 2 is 1.76 bits per heavy atom. The number of para-hydroxylation sites is 1. The van der Waals surface area contributed by atoms with E-state index in [1.54, 1.807) is 0 Å². The Hall–Kier alpha value is -1.47. The topological polar surface area (TPSA) is 12.0 Å². The van der Waals surface area contributed by atoms with E-state index in [9.17, 15) is 0 Å². The van der Waals surface area contributed by atoms with Gasteiger partial charge in [-0.2, -0.15) is 0 Å². The molecule has 1 fully saturated rings. The van der Waals surface area contributed by atoms with Crippen LogP contribution in [0.1, 0.15) is 43.2 Å². The first kappa shape index (κ1) is 14.5. The number of aryl methyl sites for hydroxylation is 1. The van der Waals surface area contributed by atoms with E-state index in [2.05, 4.69) is 48.6 Å². The highest BCUT2D eigenvalue weighted by molar-refractivity contribution is 6.31. The average molecular weight is 300 g/mol. The van der Waals surface area contributed by atoms with Crippen LogP contribution >= 0.6 is 11.6 Å². The maximum atomic E-state index is 6.29. The Balaban J connectivity index is 1.62. The minimum atomic E-state index is 0.573. The van der Waals surface area contributed by atoms with Crippen molar-refractivity contribution in [3.63, 3.8) is 0 Å². The first-order valence-corrected chi connectivity index (χ1v) is 8.24. The van der Waals surface area contributed by atoms with Gasteiger partial charge >= 0.3 is 0 Å². The van der Waals surface area contributed by atoms with Crippen LogP contribution in [0.5, 0.6) is 0 Å². The summed E-state index contributed by atoms with van der Waals surface area (Å²) in [5.74, 6) is 0.606. The second kappa shape index (κ2) is 6.53. The molecule has 1 saturated carbocycles. The molecular formula is C19H22ClN. The fourth-order valence-electron chi connectivity index (χ4n) is 3.16. The Kier molecular flexibility index (Phi) is 4.50. The normalized spacial score (nSPS) is 20.9. The summed E-state index contributed by atoms with van der Waals surface area (Å²) < 4.78 is 0. The fourth-order valence-corrected chi connectivity index (χ4v) is 3.45. The van der Waals surface area contributed by atoms with Gasteiger partial charge in [0.05, 0.1) is 0 Å². The smallest absolute Gasteiger partial charge is 0.0440 e. The molecular weight excluding hydrogens is 278 g/mol. The van der Waals surface area contributed by atoms with Crippen molar-refractivity contribution >= 4 is 17.3 Å². The molecule has 0 aliphatic heterocycles. The lowest BCUT2D eigenvalue weighted by Crippen LogP contribution is -2.34. The van der Waals surface area contributed by atoms with Gasteiger partial charge in [-0.25, -0.2) is 0 Å². The predicted octanol–water partition coefficient (Wildman–Crippen LogP) is 5.65. The summed E-state index contributed by atoms with van der Waals surface area (Å²) in [4.78, 5) is 0. The quantitative estimate of drug-likeness (QED) is 0.752. The van der Waals surface area contributed by atoms with Gasteiger partial charge in [0, 0.05) is 16.8 Å². The molecule has 2 aromatic rings. The molecule has 1 N–H and O–H groups in total. The minimum absolute atomic E-state index is 0.573. The van der Waals surface area contributed by atoms with Gasteiger partial charge in [0.1, 0.15) is 0 Å². The summed E-state index contributed by atoms with van der Waals surface area (Å²) >= 11 is 6.29. The molecule has 0 radical (unpaired) electrons. The highest BCUT2D eigenvalue weighted by Crippen LogP contribution is 2.41. The van der Waals surface area contributed by atoms with Crippen LogP contribution in [0, 0.1) is 0 Å². The Labute approximate surface area is 132 Å². The van der Waals surface area contributed by atoms with Gasteiger partial charge in [0.25, 0.3) is 0 Å². The largest absolute Gasteiger partial charge is 0.382 e. The number of hydrogen-bond acceptors (Lipinski definition) is 1. The standard InChI is InChI=1S/C19H22ClN/c1-2-7-14-8-3-6-11-19(14)21-16-12-15(13-16)17-9-4-5-10-18(17)20/h3-6,8-11,15-16,21H,2,7,12-13H2,1H3. The molecule has 1 aliphatic carbocycles. The third-order valence-electron chi connectivity index (χ3n) is 4.38. The summed E-state index contributed by atoms with van der Waals surface area (Å²) in [5.41, 5.74) is 4.04. The third kappa shape index (κ3) is 3.24. The van der Waals surface area contributed by atoms with Gasteiger partial charge in [-0.15, -0.1) is 0 Å². The van der Waals surface area contributed by atoms with E-state index in [0.29, 0.717) is 12.0 Å². The van der Waals surface area contributed by atoms with Crippen LogP contribution < -0.4 is 5.32 Å². The van der Waals surface area contributed by atoms with E-state index >= 15 is 0 Å². The van der Waals surface area contributed by atoms with Crippen molar-refractivity contribution in [2.24, 2.45) is 0 Å². The number of anilines is 1. The van der Waals surface area contributed by atoms with Crippen LogP contribution in [-0.4, -0.2) is 6.04 Å². The molecule has 0 amide bonds. The SMILES string of the molecule is CCCc1ccccc1NC1CC(c2ccccc2Cl)C1. The predicted molar refractivity (Wildman–Crippen MR) is 91.3 cm³/mol. The molecule has 0 unspecified atom stereocenters. The van der Waals surface area contributed by atoms with E-state index in [-0.39, 0.29) is 0 Å². The number of benzene rings is 2. The molecule has 3 rings (SSSR count). The molecule has 0 saturated heterocycles. The summed E-state index contributed by atoms with van der Waals surface area (Å²) in [6, 6.07) is 17.5. The molecule has 2 heteroatoms. The second-order valence-corrected chi connectivity index (χ2v) is 6.35. The zero-order valence-electron chi connectivity index (χ0n) is 12.5. The molecule has 0 atom stereocenters. The van der Waals surface area contributed by atoms with Gasteiger partial charge < -0.3 is 5.32 Å². The van der Waals surface area contributed by atoms with Gasteiger partial charge in [0.15, 0.2) is 0 Å². The van der Waals surface area contributed by atoms with Gasteiger partial charge in [0.2, 0.25) is 0 Å². The van der Waals surface area contributed by atoms with Gasteiger partial charge in [-0.3, -0.25) is 0 Å². The van der Waals surface area contributed by atoms with Crippen LogP contribution in [0.3, 0.4) is 0 Å². The highest BCUT2D eigenvalue weighted by atomic mass is 35.5. The second-order valence-electron chi connectivity index (χ2n) is 5.94. The lowest BCUT2D eigenvalue weighted by molar-refractivity contribution is 0.374. The van der Waals surface area contributed by atoms with E-state index in [4.69, 9.17) is 11.6 Å². The number of halogens is 1.